The van der Waals surface area contributed by atoms with Crippen molar-refractivity contribution in [3.8, 4) is 5.75 Å². The average molecular weight is 353 g/mol. The Bertz CT molecular complexity index is 501. The highest BCUT2D eigenvalue weighted by Gasteiger charge is 2.32. The third kappa shape index (κ3) is 3.24. The standard InChI is InChI=1S/C16H21BrN2O2/c17-6-7-18-8-10-19(11-9-18)16(20)14-5-12-21-15-4-2-1-3-13(14)15/h1-4,14H,5-12H2. The number of piperazine rings is 1. The van der Waals surface area contributed by atoms with Crippen molar-refractivity contribution in [3.63, 3.8) is 0 Å². The zero-order chi connectivity index (χ0) is 14.7. The van der Waals surface area contributed by atoms with Crippen molar-refractivity contribution >= 4 is 21.8 Å². The molecule has 1 fully saturated rings. The van der Waals surface area contributed by atoms with Crippen LogP contribution in [0.5, 0.6) is 5.75 Å². The van der Waals surface area contributed by atoms with E-state index in [-0.39, 0.29) is 11.8 Å². The summed E-state index contributed by atoms with van der Waals surface area (Å²) in [5.74, 6) is 1.11. The number of rotatable bonds is 3. The molecule has 1 saturated heterocycles. The molecule has 0 aliphatic carbocycles. The Labute approximate surface area is 134 Å². The summed E-state index contributed by atoms with van der Waals surface area (Å²) in [6.45, 7) is 5.32. The monoisotopic (exact) mass is 352 g/mol. The van der Waals surface area contributed by atoms with Crippen molar-refractivity contribution in [2.75, 3.05) is 44.7 Å². The molecule has 2 aliphatic heterocycles. The van der Waals surface area contributed by atoms with Crippen LogP contribution >= 0.6 is 15.9 Å². The van der Waals surface area contributed by atoms with Crippen molar-refractivity contribution < 1.29 is 9.53 Å². The summed E-state index contributed by atoms with van der Waals surface area (Å²) in [4.78, 5) is 17.2. The zero-order valence-corrected chi connectivity index (χ0v) is 13.7. The van der Waals surface area contributed by atoms with Crippen LogP contribution in [-0.4, -0.2) is 60.4 Å². The van der Waals surface area contributed by atoms with Crippen LogP contribution in [0.4, 0.5) is 0 Å². The number of ether oxygens (including phenoxy) is 1. The smallest absolute Gasteiger partial charge is 0.230 e. The lowest BCUT2D eigenvalue weighted by molar-refractivity contribution is -0.135. The molecule has 1 unspecified atom stereocenters. The van der Waals surface area contributed by atoms with Gasteiger partial charge in [-0.05, 0) is 12.5 Å². The van der Waals surface area contributed by atoms with E-state index in [1.54, 1.807) is 0 Å². The van der Waals surface area contributed by atoms with E-state index in [0.29, 0.717) is 6.61 Å². The summed E-state index contributed by atoms with van der Waals surface area (Å²) in [5, 5.41) is 0.994. The first-order valence-electron chi connectivity index (χ1n) is 7.58. The van der Waals surface area contributed by atoms with E-state index in [9.17, 15) is 4.79 Å². The molecular weight excluding hydrogens is 332 g/mol. The maximum absolute atomic E-state index is 12.8. The molecule has 4 nitrogen and oxygen atoms in total. The Morgan fingerprint density at radius 2 is 2.00 bits per heavy atom. The number of hydrogen-bond acceptors (Lipinski definition) is 3. The summed E-state index contributed by atoms with van der Waals surface area (Å²) in [6, 6.07) is 7.94. The summed E-state index contributed by atoms with van der Waals surface area (Å²) in [5.41, 5.74) is 1.05. The first-order chi connectivity index (χ1) is 10.3. The van der Waals surface area contributed by atoms with Crippen molar-refractivity contribution in [1.29, 1.82) is 0 Å². The number of alkyl halides is 1. The van der Waals surface area contributed by atoms with Crippen LogP contribution in [-0.2, 0) is 4.79 Å². The van der Waals surface area contributed by atoms with Gasteiger partial charge in [-0.3, -0.25) is 9.69 Å². The Morgan fingerprint density at radius 3 is 2.76 bits per heavy atom. The number of amides is 1. The number of carbonyl (C=O) groups excluding carboxylic acids is 1. The fourth-order valence-electron chi connectivity index (χ4n) is 3.13. The molecule has 2 aliphatic rings. The van der Waals surface area contributed by atoms with Gasteiger partial charge in [0.25, 0.3) is 0 Å². The number of fused-ring (bicyclic) bond motifs is 1. The molecule has 0 radical (unpaired) electrons. The molecule has 0 saturated carbocycles. The molecule has 1 atom stereocenters. The fraction of sp³-hybridized carbons (Fsp3) is 0.562. The topological polar surface area (TPSA) is 32.8 Å². The van der Waals surface area contributed by atoms with Gasteiger partial charge in [-0.2, -0.15) is 0 Å². The molecule has 1 aromatic rings. The summed E-state index contributed by atoms with van der Waals surface area (Å²) >= 11 is 3.47. The van der Waals surface area contributed by atoms with E-state index in [1.807, 2.05) is 29.2 Å². The maximum Gasteiger partial charge on any atom is 0.230 e. The van der Waals surface area contributed by atoms with Crippen LogP contribution in [0.15, 0.2) is 24.3 Å². The van der Waals surface area contributed by atoms with E-state index < -0.39 is 0 Å². The van der Waals surface area contributed by atoms with E-state index in [1.165, 1.54) is 0 Å². The van der Waals surface area contributed by atoms with Crippen LogP contribution in [0, 0.1) is 0 Å². The number of para-hydroxylation sites is 1. The van der Waals surface area contributed by atoms with Gasteiger partial charge in [-0.1, -0.05) is 34.1 Å². The van der Waals surface area contributed by atoms with Crippen LogP contribution in [0.3, 0.4) is 0 Å². The lowest BCUT2D eigenvalue weighted by Gasteiger charge is -2.37. The van der Waals surface area contributed by atoms with Gasteiger partial charge in [0.1, 0.15) is 5.75 Å². The molecule has 21 heavy (non-hydrogen) atoms. The van der Waals surface area contributed by atoms with E-state index in [2.05, 4.69) is 20.8 Å². The lowest BCUT2D eigenvalue weighted by atomic mass is 9.91. The Hall–Kier alpha value is -1.07. The third-order valence-corrected chi connectivity index (χ3v) is 4.70. The van der Waals surface area contributed by atoms with Crippen molar-refractivity contribution in [2.45, 2.75) is 12.3 Å². The molecule has 1 aromatic carbocycles. The van der Waals surface area contributed by atoms with E-state index in [4.69, 9.17) is 4.74 Å². The van der Waals surface area contributed by atoms with Crippen LogP contribution in [0.25, 0.3) is 0 Å². The van der Waals surface area contributed by atoms with Crippen molar-refractivity contribution in [2.24, 2.45) is 0 Å². The van der Waals surface area contributed by atoms with Gasteiger partial charge in [-0.25, -0.2) is 0 Å². The van der Waals surface area contributed by atoms with Crippen LogP contribution in [0.1, 0.15) is 17.9 Å². The number of hydrogen-bond donors (Lipinski definition) is 0. The highest BCUT2D eigenvalue weighted by Crippen LogP contribution is 2.34. The summed E-state index contributed by atoms with van der Waals surface area (Å²) < 4.78 is 5.66. The normalized spacial score (nSPS) is 22.5. The Morgan fingerprint density at radius 1 is 1.24 bits per heavy atom. The van der Waals surface area contributed by atoms with Gasteiger partial charge < -0.3 is 9.64 Å². The highest BCUT2D eigenvalue weighted by atomic mass is 79.9. The van der Waals surface area contributed by atoms with Gasteiger partial charge in [0, 0.05) is 43.6 Å². The molecular formula is C16H21BrN2O2. The minimum atomic E-state index is -0.0299. The third-order valence-electron chi connectivity index (χ3n) is 4.34. The zero-order valence-electron chi connectivity index (χ0n) is 12.1. The molecule has 0 spiro atoms. The molecule has 3 rings (SSSR count). The van der Waals surface area contributed by atoms with Gasteiger partial charge in [0.15, 0.2) is 0 Å². The Kier molecular flexibility index (Phi) is 4.80. The summed E-state index contributed by atoms with van der Waals surface area (Å²) in [6.07, 6.45) is 0.789. The van der Waals surface area contributed by atoms with Crippen molar-refractivity contribution in [1.82, 2.24) is 9.80 Å². The Balaban J connectivity index is 1.67. The second-order valence-corrected chi connectivity index (χ2v) is 6.38. The highest BCUT2D eigenvalue weighted by molar-refractivity contribution is 9.09. The molecule has 0 bridgehead atoms. The van der Waals surface area contributed by atoms with Gasteiger partial charge >= 0.3 is 0 Å². The number of halogens is 1. The van der Waals surface area contributed by atoms with E-state index >= 15 is 0 Å². The predicted molar refractivity (Wildman–Crippen MR) is 86.1 cm³/mol. The van der Waals surface area contributed by atoms with Crippen LogP contribution in [0.2, 0.25) is 0 Å². The minimum Gasteiger partial charge on any atom is -0.493 e. The second-order valence-electron chi connectivity index (χ2n) is 5.58. The fourth-order valence-corrected chi connectivity index (χ4v) is 3.63. The largest absolute Gasteiger partial charge is 0.493 e. The average Bonchev–Trinajstić information content (AvgIpc) is 2.55. The second kappa shape index (κ2) is 6.79. The maximum atomic E-state index is 12.8. The lowest BCUT2D eigenvalue weighted by Crippen LogP contribution is -2.50. The molecule has 1 amide bonds. The van der Waals surface area contributed by atoms with Crippen molar-refractivity contribution in [3.05, 3.63) is 29.8 Å². The molecule has 5 heteroatoms. The number of carbonyl (C=O) groups is 1. The first-order valence-corrected chi connectivity index (χ1v) is 8.70. The molecule has 0 aromatic heterocycles. The van der Waals surface area contributed by atoms with Gasteiger partial charge in [0.05, 0.1) is 12.5 Å². The first kappa shape index (κ1) is 14.9. The van der Waals surface area contributed by atoms with Crippen LogP contribution < -0.4 is 4.74 Å². The summed E-state index contributed by atoms with van der Waals surface area (Å²) in [7, 11) is 0. The quantitative estimate of drug-likeness (QED) is 0.781. The SMILES string of the molecule is O=C(C1CCOc2ccccc21)N1CCN(CCBr)CC1. The molecule has 2 heterocycles. The van der Waals surface area contributed by atoms with E-state index in [0.717, 1.165) is 55.8 Å². The minimum absolute atomic E-state index is 0.0299. The number of benzene rings is 1. The molecule has 114 valence electrons. The number of nitrogens with zero attached hydrogens (tertiary/aromatic N) is 2. The van der Waals surface area contributed by atoms with Gasteiger partial charge in [0.2, 0.25) is 5.91 Å². The molecule has 0 N–H and O–H groups in total. The predicted octanol–water partition coefficient (Wildman–Crippen LogP) is 2.09. The van der Waals surface area contributed by atoms with Gasteiger partial charge in [-0.15, -0.1) is 0 Å².